The zero-order chi connectivity index (χ0) is 13.2. The van der Waals surface area contributed by atoms with Crippen LogP contribution >= 0.6 is 12.4 Å². The molecule has 0 aliphatic carbocycles. The molecule has 108 valence electrons. The smallest absolute Gasteiger partial charge is 0.124 e. The molecule has 2 heterocycles. The van der Waals surface area contributed by atoms with Crippen LogP contribution in [0, 0.1) is 5.82 Å². The molecule has 1 fully saturated rings. The van der Waals surface area contributed by atoms with E-state index < -0.39 is 0 Å². The first-order chi connectivity index (χ1) is 9.22. The maximum Gasteiger partial charge on any atom is 0.124 e. The van der Waals surface area contributed by atoms with E-state index in [2.05, 4.69) is 9.88 Å². The number of rotatable bonds is 2. The number of nitrogens with two attached hydrogens (primary N) is 1. The third-order valence-corrected chi connectivity index (χ3v) is 3.68. The normalized spacial score (nSPS) is 19.8. The van der Waals surface area contributed by atoms with Gasteiger partial charge in [-0.2, -0.15) is 0 Å². The fourth-order valence-corrected chi connectivity index (χ4v) is 2.82. The lowest BCUT2D eigenvalue weighted by Crippen LogP contribution is -2.42. The molecule has 1 unspecified atom stereocenters. The number of pyridine rings is 1. The van der Waals surface area contributed by atoms with Gasteiger partial charge in [0.2, 0.25) is 0 Å². The van der Waals surface area contributed by atoms with Crippen LogP contribution in [0.15, 0.2) is 30.5 Å². The summed E-state index contributed by atoms with van der Waals surface area (Å²) in [6.45, 7) is 2.63. The van der Waals surface area contributed by atoms with Crippen molar-refractivity contribution in [1.82, 2.24) is 9.88 Å². The predicted molar refractivity (Wildman–Crippen MR) is 81.4 cm³/mol. The van der Waals surface area contributed by atoms with E-state index in [0.29, 0.717) is 0 Å². The summed E-state index contributed by atoms with van der Waals surface area (Å²) in [5.74, 6) is -0.197. The number of hydrogen-bond acceptors (Lipinski definition) is 3. The summed E-state index contributed by atoms with van der Waals surface area (Å²) < 4.78 is 13.7. The topological polar surface area (TPSA) is 42.1 Å². The summed E-state index contributed by atoms with van der Waals surface area (Å²) in [6.07, 6.45) is 3.95. The van der Waals surface area contributed by atoms with Crippen LogP contribution in [0.1, 0.15) is 18.4 Å². The van der Waals surface area contributed by atoms with Crippen LogP contribution in [0.5, 0.6) is 0 Å². The molecule has 3 nitrogen and oxygen atoms in total. The molecule has 5 heteroatoms. The standard InChI is InChI=1S/C15H18FN3.ClH/c16-13-7-11-3-1-5-18-15(11)12(8-13)9-19-6-2-4-14(17)10-19;/h1,3,5,7-8,14H,2,4,6,9-10,17H2;1H. The number of halogens is 2. The quantitative estimate of drug-likeness (QED) is 0.926. The summed E-state index contributed by atoms with van der Waals surface area (Å²) in [5, 5.41) is 0.860. The Bertz CT molecular complexity index is 590. The molecule has 0 saturated carbocycles. The summed E-state index contributed by atoms with van der Waals surface area (Å²) in [7, 11) is 0. The molecular formula is C15H19ClFN3. The van der Waals surface area contributed by atoms with Crippen LogP contribution in [0.4, 0.5) is 4.39 Å². The van der Waals surface area contributed by atoms with Crippen LogP contribution in [0.2, 0.25) is 0 Å². The van der Waals surface area contributed by atoms with Crippen molar-refractivity contribution in [3.8, 4) is 0 Å². The first kappa shape index (κ1) is 15.2. The van der Waals surface area contributed by atoms with E-state index in [4.69, 9.17) is 5.73 Å². The van der Waals surface area contributed by atoms with Crippen LogP contribution in [0.25, 0.3) is 10.9 Å². The monoisotopic (exact) mass is 295 g/mol. The van der Waals surface area contributed by atoms with Crippen LogP contribution in [-0.4, -0.2) is 29.0 Å². The van der Waals surface area contributed by atoms with Gasteiger partial charge in [0, 0.05) is 30.7 Å². The summed E-state index contributed by atoms with van der Waals surface area (Å²) in [5.41, 5.74) is 7.83. The molecule has 1 aromatic heterocycles. The highest BCUT2D eigenvalue weighted by Crippen LogP contribution is 2.21. The first-order valence-electron chi connectivity index (χ1n) is 6.73. The Morgan fingerprint density at radius 3 is 3.05 bits per heavy atom. The van der Waals surface area contributed by atoms with Gasteiger partial charge >= 0.3 is 0 Å². The minimum Gasteiger partial charge on any atom is -0.327 e. The summed E-state index contributed by atoms with van der Waals surface area (Å²) in [6, 6.07) is 7.10. The fourth-order valence-electron chi connectivity index (χ4n) is 2.82. The van der Waals surface area contributed by atoms with E-state index in [0.717, 1.165) is 48.9 Å². The van der Waals surface area contributed by atoms with Gasteiger partial charge in [-0.3, -0.25) is 9.88 Å². The Morgan fingerprint density at radius 1 is 1.40 bits per heavy atom. The Balaban J connectivity index is 0.00000147. The molecule has 0 amide bonds. The number of benzene rings is 1. The molecule has 1 aromatic carbocycles. The molecule has 3 rings (SSSR count). The van der Waals surface area contributed by atoms with E-state index in [-0.39, 0.29) is 24.3 Å². The molecule has 2 aromatic rings. The van der Waals surface area contributed by atoms with Crippen molar-refractivity contribution in [2.45, 2.75) is 25.4 Å². The van der Waals surface area contributed by atoms with Gasteiger partial charge in [-0.25, -0.2) is 4.39 Å². The predicted octanol–water partition coefficient (Wildman–Crippen LogP) is 2.72. The average Bonchev–Trinajstić information content (AvgIpc) is 2.38. The molecule has 1 atom stereocenters. The van der Waals surface area contributed by atoms with E-state index in [1.807, 2.05) is 12.1 Å². The number of likely N-dealkylation sites (tertiary alicyclic amines) is 1. The molecule has 0 spiro atoms. The summed E-state index contributed by atoms with van der Waals surface area (Å²) in [4.78, 5) is 6.67. The van der Waals surface area contributed by atoms with E-state index in [1.165, 1.54) is 6.07 Å². The maximum atomic E-state index is 13.7. The molecule has 20 heavy (non-hydrogen) atoms. The van der Waals surface area contributed by atoms with Gasteiger partial charge in [0.1, 0.15) is 5.82 Å². The van der Waals surface area contributed by atoms with E-state index in [1.54, 1.807) is 12.3 Å². The molecule has 2 N–H and O–H groups in total. The number of piperidine rings is 1. The highest BCUT2D eigenvalue weighted by molar-refractivity contribution is 5.85. The van der Waals surface area contributed by atoms with Crippen molar-refractivity contribution in [1.29, 1.82) is 0 Å². The molecule has 1 aliphatic rings. The number of hydrogen-bond donors (Lipinski definition) is 1. The molecule has 0 bridgehead atoms. The van der Waals surface area contributed by atoms with Crippen LogP contribution in [-0.2, 0) is 6.54 Å². The van der Waals surface area contributed by atoms with Crippen molar-refractivity contribution < 1.29 is 4.39 Å². The SMILES string of the molecule is Cl.NC1CCCN(Cc2cc(F)cc3cccnc23)C1. The zero-order valence-corrected chi connectivity index (χ0v) is 12.1. The second-order valence-electron chi connectivity index (χ2n) is 5.28. The third-order valence-electron chi connectivity index (χ3n) is 3.68. The molecule has 1 aliphatic heterocycles. The van der Waals surface area contributed by atoms with Crippen LogP contribution in [0.3, 0.4) is 0 Å². The summed E-state index contributed by atoms with van der Waals surface area (Å²) >= 11 is 0. The van der Waals surface area contributed by atoms with E-state index in [9.17, 15) is 4.39 Å². The van der Waals surface area contributed by atoms with Gasteiger partial charge in [0.05, 0.1) is 5.52 Å². The minimum atomic E-state index is -0.197. The van der Waals surface area contributed by atoms with Gasteiger partial charge in [-0.15, -0.1) is 12.4 Å². The molecule has 0 radical (unpaired) electrons. The largest absolute Gasteiger partial charge is 0.327 e. The highest BCUT2D eigenvalue weighted by atomic mass is 35.5. The fraction of sp³-hybridized carbons (Fsp3) is 0.400. The Kier molecular flexibility index (Phi) is 4.91. The zero-order valence-electron chi connectivity index (χ0n) is 11.3. The van der Waals surface area contributed by atoms with Crippen molar-refractivity contribution in [3.05, 3.63) is 41.8 Å². The number of nitrogens with zero attached hydrogens (tertiary/aromatic N) is 2. The van der Waals surface area contributed by atoms with Gasteiger partial charge in [0.15, 0.2) is 0 Å². The van der Waals surface area contributed by atoms with Gasteiger partial charge in [-0.1, -0.05) is 6.07 Å². The number of aromatic nitrogens is 1. The van der Waals surface area contributed by atoms with E-state index >= 15 is 0 Å². The Labute approximate surface area is 124 Å². The number of fused-ring (bicyclic) bond motifs is 1. The van der Waals surface area contributed by atoms with Crippen molar-refractivity contribution in [2.75, 3.05) is 13.1 Å². The lowest BCUT2D eigenvalue weighted by Gasteiger charge is -2.30. The lowest BCUT2D eigenvalue weighted by atomic mass is 10.0. The second kappa shape index (κ2) is 6.48. The maximum absolute atomic E-state index is 13.7. The third kappa shape index (κ3) is 3.26. The van der Waals surface area contributed by atoms with Gasteiger partial charge < -0.3 is 5.73 Å². The molecule has 1 saturated heterocycles. The minimum absolute atomic E-state index is 0. The Morgan fingerprint density at radius 2 is 2.25 bits per heavy atom. The second-order valence-corrected chi connectivity index (χ2v) is 5.28. The van der Waals surface area contributed by atoms with Crippen molar-refractivity contribution in [3.63, 3.8) is 0 Å². The van der Waals surface area contributed by atoms with Crippen LogP contribution < -0.4 is 5.73 Å². The molecular weight excluding hydrogens is 277 g/mol. The van der Waals surface area contributed by atoms with Crippen molar-refractivity contribution >= 4 is 23.3 Å². The lowest BCUT2D eigenvalue weighted by molar-refractivity contribution is 0.202. The van der Waals surface area contributed by atoms with Gasteiger partial charge in [0.25, 0.3) is 0 Å². The Hall–Kier alpha value is -1.23. The highest BCUT2D eigenvalue weighted by Gasteiger charge is 2.18. The average molecular weight is 296 g/mol. The van der Waals surface area contributed by atoms with Crippen molar-refractivity contribution in [2.24, 2.45) is 5.73 Å². The van der Waals surface area contributed by atoms with Gasteiger partial charge in [-0.05, 0) is 43.1 Å². The first-order valence-corrected chi connectivity index (χ1v) is 6.73.